The molecule has 1 aliphatic carbocycles. The Kier molecular flexibility index (Phi) is 21.5. The summed E-state index contributed by atoms with van der Waals surface area (Å²) in [4.78, 5) is 40.0. The van der Waals surface area contributed by atoms with Crippen LogP contribution in [-0.4, -0.2) is 150 Å². The summed E-state index contributed by atoms with van der Waals surface area (Å²) in [5.41, 5.74) is 5.42. The third-order valence-electron chi connectivity index (χ3n) is 11.1. The fourth-order valence-corrected chi connectivity index (χ4v) is 8.93. The molecule has 0 aliphatic heterocycles. The Labute approximate surface area is 352 Å². The fourth-order valence-electron chi connectivity index (χ4n) is 8.21. The number of unbranched alkanes of at least 4 members (excludes halogenated alkanes) is 4. The molecular formula is C45H74Br2N6O2. The standard InChI is InChI=1S/C45H74Br2N6O2/c1-48(2)27-15-31-52(32-16-28-49(3)4)43(54)19-11-9-13-25-45(41-35-37(46)21-23-39(41)40-24-22-38(47)36-42(40)45)26-14-10-12-20-44(55)53(33-17-29-50(5)6)34-18-30-51(7)8/h21-24,35-36H,9-20,25-34H2,1-8H3. The van der Waals surface area contributed by atoms with Crippen LogP contribution < -0.4 is 0 Å². The predicted octanol–water partition coefficient (Wildman–Crippen LogP) is 8.84. The van der Waals surface area contributed by atoms with Gasteiger partial charge in [0.1, 0.15) is 0 Å². The van der Waals surface area contributed by atoms with Crippen LogP contribution in [0.15, 0.2) is 45.3 Å². The summed E-state index contributed by atoms with van der Waals surface area (Å²) in [5.74, 6) is 0.611. The van der Waals surface area contributed by atoms with Gasteiger partial charge in [0, 0.05) is 53.4 Å². The van der Waals surface area contributed by atoms with Gasteiger partial charge in [-0.2, -0.15) is 0 Å². The van der Waals surface area contributed by atoms with Gasteiger partial charge >= 0.3 is 0 Å². The third kappa shape index (κ3) is 16.2. The second kappa shape index (κ2) is 24.8. The van der Waals surface area contributed by atoms with E-state index in [1.165, 1.54) is 22.3 Å². The largest absolute Gasteiger partial charge is 0.343 e. The van der Waals surface area contributed by atoms with Gasteiger partial charge in [-0.1, -0.05) is 69.7 Å². The van der Waals surface area contributed by atoms with Crippen molar-refractivity contribution in [3.63, 3.8) is 0 Å². The van der Waals surface area contributed by atoms with Crippen LogP contribution in [0.2, 0.25) is 0 Å². The Bertz CT molecular complexity index is 1310. The number of rotatable bonds is 28. The first-order valence-electron chi connectivity index (χ1n) is 21.0. The third-order valence-corrected chi connectivity index (χ3v) is 12.1. The van der Waals surface area contributed by atoms with Crippen LogP contribution in [0, 0.1) is 0 Å². The van der Waals surface area contributed by atoms with Crippen molar-refractivity contribution in [3.8, 4) is 11.1 Å². The number of amides is 2. The van der Waals surface area contributed by atoms with Crippen LogP contribution in [0.4, 0.5) is 0 Å². The molecular weight excluding hydrogens is 816 g/mol. The number of nitrogens with zero attached hydrogens (tertiary/aromatic N) is 6. The van der Waals surface area contributed by atoms with Gasteiger partial charge < -0.3 is 29.4 Å². The van der Waals surface area contributed by atoms with E-state index in [0.717, 1.165) is 138 Å². The summed E-state index contributed by atoms with van der Waals surface area (Å²) < 4.78 is 2.23. The minimum absolute atomic E-state index is 0.0962. The maximum Gasteiger partial charge on any atom is 0.222 e. The Morgan fingerprint density at radius 1 is 0.455 bits per heavy atom. The quantitative estimate of drug-likeness (QED) is 0.0797. The van der Waals surface area contributed by atoms with E-state index in [-0.39, 0.29) is 5.41 Å². The molecule has 0 aromatic heterocycles. The first kappa shape index (κ1) is 47.6. The summed E-state index contributed by atoms with van der Waals surface area (Å²) >= 11 is 7.64. The zero-order valence-corrected chi connectivity index (χ0v) is 38.9. The van der Waals surface area contributed by atoms with E-state index in [1.807, 2.05) is 0 Å². The Morgan fingerprint density at radius 3 is 1.09 bits per heavy atom. The number of fused-ring (bicyclic) bond motifs is 3. The van der Waals surface area contributed by atoms with Gasteiger partial charge in [-0.25, -0.2) is 0 Å². The molecule has 8 nitrogen and oxygen atoms in total. The van der Waals surface area contributed by atoms with Crippen molar-refractivity contribution in [1.29, 1.82) is 0 Å². The van der Waals surface area contributed by atoms with Gasteiger partial charge in [0.05, 0.1) is 0 Å². The zero-order valence-electron chi connectivity index (χ0n) is 35.8. The highest BCUT2D eigenvalue weighted by atomic mass is 79.9. The highest BCUT2D eigenvalue weighted by molar-refractivity contribution is 9.10. The van der Waals surface area contributed by atoms with Crippen LogP contribution in [0.25, 0.3) is 11.1 Å². The van der Waals surface area contributed by atoms with Gasteiger partial charge in [0.15, 0.2) is 0 Å². The average Bonchev–Trinajstić information content (AvgIpc) is 3.36. The average molecular weight is 891 g/mol. The zero-order chi connectivity index (χ0) is 40.4. The number of carbonyl (C=O) groups is 2. The van der Waals surface area contributed by atoms with Crippen LogP contribution >= 0.6 is 31.9 Å². The Hall–Kier alpha value is -1.82. The van der Waals surface area contributed by atoms with E-state index in [2.05, 4.69) is 154 Å². The van der Waals surface area contributed by atoms with E-state index in [0.29, 0.717) is 24.7 Å². The van der Waals surface area contributed by atoms with Crippen LogP contribution in [-0.2, 0) is 15.0 Å². The molecule has 0 saturated carbocycles. The lowest BCUT2D eigenvalue weighted by Crippen LogP contribution is -2.35. The normalized spacial score (nSPS) is 13.3. The summed E-state index contributed by atoms with van der Waals surface area (Å²) in [5, 5.41) is 0. The topological polar surface area (TPSA) is 53.6 Å². The van der Waals surface area contributed by atoms with E-state index >= 15 is 0 Å². The van der Waals surface area contributed by atoms with Gasteiger partial charge in [0.25, 0.3) is 0 Å². The van der Waals surface area contributed by atoms with E-state index in [9.17, 15) is 9.59 Å². The second-order valence-corrected chi connectivity index (χ2v) is 18.8. The maximum atomic E-state index is 13.5. The van der Waals surface area contributed by atoms with Gasteiger partial charge in [0.2, 0.25) is 11.8 Å². The van der Waals surface area contributed by atoms with Gasteiger partial charge in [-0.15, -0.1) is 0 Å². The molecule has 2 aromatic carbocycles. The molecule has 0 atom stereocenters. The molecule has 310 valence electrons. The molecule has 0 N–H and O–H groups in total. The number of hydrogen-bond donors (Lipinski definition) is 0. The monoisotopic (exact) mass is 888 g/mol. The lowest BCUT2D eigenvalue weighted by molar-refractivity contribution is -0.132. The first-order valence-corrected chi connectivity index (χ1v) is 22.6. The molecule has 10 heteroatoms. The molecule has 3 rings (SSSR count). The molecule has 1 aliphatic rings. The fraction of sp³-hybridized carbons (Fsp3) is 0.689. The Balaban J connectivity index is 1.67. The van der Waals surface area contributed by atoms with Crippen LogP contribution in [0.1, 0.15) is 101 Å². The number of benzene rings is 2. The minimum atomic E-state index is -0.0962. The number of halogens is 2. The highest BCUT2D eigenvalue weighted by Gasteiger charge is 2.42. The summed E-state index contributed by atoms with van der Waals surface area (Å²) in [6, 6.07) is 13.6. The van der Waals surface area contributed by atoms with Gasteiger partial charge in [-0.3, -0.25) is 9.59 Å². The Morgan fingerprint density at radius 2 is 0.782 bits per heavy atom. The highest BCUT2D eigenvalue weighted by Crippen LogP contribution is 2.55. The number of hydrogen-bond acceptors (Lipinski definition) is 6. The SMILES string of the molecule is CN(C)CCCN(CCCN(C)C)C(=O)CCCCCC1(CCCCCC(=O)N(CCCN(C)C)CCCN(C)C)c2cc(Br)ccc2-c2ccc(Br)cc21. The predicted molar refractivity (Wildman–Crippen MR) is 240 cm³/mol. The van der Waals surface area contributed by atoms with Crippen molar-refractivity contribution in [2.24, 2.45) is 0 Å². The van der Waals surface area contributed by atoms with E-state index < -0.39 is 0 Å². The minimum Gasteiger partial charge on any atom is -0.343 e. The summed E-state index contributed by atoms with van der Waals surface area (Å²) in [6.07, 6.45) is 13.4. The molecule has 2 amide bonds. The molecule has 0 unspecified atom stereocenters. The summed E-state index contributed by atoms with van der Waals surface area (Å²) in [7, 11) is 16.8. The molecule has 0 heterocycles. The molecule has 0 radical (unpaired) electrons. The summed E-state index contributed by atoms with van der Waals surface area (Å²) in [6.45, 7) is 7.33. The molecule has 0 bridgehead atoms. The first-order chi connectivity index (χ1) is 26.2. The van der Waals surface area contributed by atoms with Crippen molar-refractivity contribution in [2.45, 2.75) is 95.3 Å². The second-order valence-electron chi connectivity index (χ2n) is 17.0. The van der Waals surface area contributed by atoms with Crippen molar-refractivity contribution in [1.82, 2.24) is 29.4 Å². The van der Waals surface area contributed by atoms with E-state index in [4.69, 9.17) is 0 Å². The lowest BCUT2D eigenvalue weighted by atomic mass is 9.70. The molecule has 0 spiro atoms. The smallest absolute Gasteiger partial charge is 0.222 e. The van der Waals surface area contributed by atoms with Crippen LogP contribution in [0.3, 0.4) is 0 Å². The van der Waals surface area contributed by atoms with Crippen molar-refractivity contribution in [2.75, 3.05) is 109 Å². The number of carbonyl (C=O) groups excluding carboxylic acids is 2. The molecule has 0 saturated heterocycles. The van der Waals surface area contributed by atoms with Crippen molar-refractivity contribution in [3.05, 3.63) is 56.5 Å². The van der Waals surface area contributed by atoms with Crippen LogP contribution in [0.5, 0.6) is 0 Å². The maximum absolute atomic E-state index is 13.5. The molecule has 0 fully saturated rings. The lowest BCUT2D eigenvalue weighted by Gasteiger charge is -2.33. The molecule has 55 heavy (non-hydrogen) atoms. The van der Waals surface area contributed by atoms with Crippen molar-refractivity contribution >= 4 is 43.7 Å². The molecule has 2 aromatic rings. The van der Waals surface area contributed by atoms with E-state index in [1.54, 1.807) is 0 Å². The van der Waals surface area contributed by atoms with Gasteiger partial charge in [-0.05, 0) is 180 Å². The van der Waals surface area contributed by atoms with Crippen molar-refractivity contribution < 1.29 is 9.59 Å².